The van der Waals surface area contributed by atoms with Crippen LogP contribution >= 0.6 is 0 Å². The molecule has 0 amide bonds. The van der Waals surface area contributed by atoms with Crippen LogP contribution in [0.15, 0.2) is 24.3 Å². The number of rotatable bonds is 3. The van der Waals surface area contributed by atoms with Gasteiger partial charge in [-0.15, -0.1) is 0 Å². The summed E-state index contributed by atoms with van der Waals surface area (Å²) >= 11 is 0. The molecule has 5 heteroatoms. The Morgan fingerprint density at radius 3 is 2.43 bits per heavy atom. The van der Waals surface area contributed by atoms with Gasteiger partial charge in [0.05, 0.1) is 11.1 Å². The standard InChI is InChI=1S/C16H19F3N2/c1-10-7-11(8-15(2,3)9-20)21-14-12(10)5-4-6-13(14)16(17,18)19/h4-7H,8-9,20H2,1-3H3. The van der Waals surface area contributed by atoms with E-state index >= 15 is 0 Å². The first-order valence-corrected chi connectivity index (χ1v) is 6.80. The number of para-hydroxylation sites is 1. The Morgan fingerprint density at radius 1 is 1.19 bits per heavy atom. The van der Waals surface area contributed by atoms with Gasteiger partial charge in [0.2, 0.25) is 0 Å². The Morgan fingerprint density at radius 2 is 1.86 bits per heavy atom. The minimum absolute atomic E-state index is 0.0211. The lowest BCUT2D eigenvalue weighted by molar-refractivity contribution is -0.136. The zero-order valence-corrected chi connectivity index (χ0v) is 12.4. The third-order valence-corrected chi connectivity index (χ3v) is 3.62. The first-order valence-electron chi connectivity index (χ1n) is 6.80. The van der Waals surface area contributed by atoms with E-state index in [1.807, 2.05) is 26.8 Å². The zero-order chi connectivity index (χ0) is 15.8. The van der Waals surface area contributed by atoms with Crippen LogP contribution < -0.4 is 5.73 Å². The average molecular weight is 296 g/mol. The number of nitrogens with zero attached hydrogens (tertiary/aromatic N) is 1. The van der Waals surface area contributed by atoms with Crippen LogP contribution in [0.1, 0.15) is 30.7 Å². The van der Waals surface area contributed by atoms with Gasteiger partial charge in [0.15, 0.2) is 0 Å². The summed E-state index contributed by atoms with van der Waals surface area (Å²) < 4.78 is 39.4. The number of fused-ring (bicyclic) bond motifs is 1. The molecule has 1 aromatic heterocycles. The van der Waals surface area contributed by atoms with Gasteiger partial charge >= 0.3 is 6.18 Å². The quantitative estimate of drug-likeness (QED) is 0.926. The van der Waals surface area contributed by atoms with Crippen LogP contribution in [-0.4, -0.2) is 11.5 Å². The van der Waals surface area contributed by atoms with Crippen molar-refractivity contribution in [3.63, 3.8) is 0 Å². The van der Waals surface area contributed by atoms with Crippen LogP contribution in [0.3, 0.4) is 0 Å². The van der Waals surface area contributed by atoms with Gasteiger partial charge in [0, 0.05) is 11.1 Å². The fourth-order valence-electron chi connectivity index (χ4n) is 2.37. The first kappa shape index (κ1) is 15.8. The number of alkyl halides is 3. The van der Waals surface area contributed by atoms with E-state index in [0.717, 1.165) is 11.6 Å². The lowest BCUT2D eigenvalue weighted by Crippen LogP contribution is -2.26. The van der Waals surface area contributed by atoms with Crippen molar-refractivity contribution in [3.8, 4) is 0 Å². The maximum absolute atomic E-state index is 13.1. The molecule has 0 aliphatic rings. The highest BCUT2D eigenvalue weighted by molar-refractivity contribution is 5.85. The molecular formula is C16H19F3N2. The van der Waals surface area contributed by atoms with Gasteiger partial charge in [-0.3, -0.25) is 4.98 Å². The summed E-state index contributed by atoms with van der Waals surface area (Å²) in [5.74, 6) is 0. The number of aromatic nitrogens is 1. The summed E-state index contributed by atoms with van der Waals surface area (Å²) in [5.41, 5.74) is 6.28. The van der Waals surface area contributed by atoms with Crippen LogP contribution in [0.25, 0.3) is 10.9 Å². The molecule has 2 nitrogen and oxygen atoms in total. The second-order valence-electron chi connectivity index (χ2n) is 6.18. The van der Waals surface area contributed by atoms with Crippen LogP contribution in [0.5, 0.6) is 0 Å². The topological polar surface area (TPSA) is 38.9 Å². The molecule has 1 heterocycles. The van der Waals surface area contributed by atoms with Crippen LogP contribution in [-0.2, 0) is 12.6 Å². The molecule has 1 aromatic carbocycles. The molecule has 0 unspecified atom stereocenters. The van der Waals surface area contributed by atoms with E-state index < -0.39 is 11.7 Å². The van der Waals surface area contributed by atoms with Crippen molar-refractivity contribution in [1.82, 2.24) is 4.98 Å². The maximum atomic E-state index is 13.1. The fraction of sp³-hybridized carbons (Fsp3) is 0.438. The second kappa shape index (κ2) is 5.30. The van der Waals surface area contributed by atoms with E-state index in [4.69, 9.17) is 5.73 Å². The van der Waals surface area contributed by atoms with E-state index in [-0.39, 0.29) is 10.9 Å². The highest BCUT2D eigenvalue weighted by atomic mass is 19.4. The molecule has 0 spiro atoms. The SMILES string of the molecule is Cc1cc(CC(C)(C)CN)nc2c(C(F)(F)F)cccc12. The predicted octanol–water partition coefficient (Wildman–Crippen LogP) is 4.09. The number of aryl methyl sites for hydroxylation is 1. The van der Waals surface area contributed by atoms with Gasteiger partial charge in [0.25, 0.3) is 0 Å². The van der Waals surface area contributed by atoms with E-state index in [1.54, 1.807) is 6.07 Å². The Hall–Kier alpha value is -1.62. The van der Waals surface area contributed by atoms with E-state index in [0.29, 0.717) is 24.0 Å². The molecule has 0 aliphatic carbocycles. The molecule has 0 aliphatic heterocycles. The number of pyridine rings is 1. The second-order valence-corrected chi connectivity index (χ2v) is 6.18. The van der Waals surface area contributed by atoms with Gasteiger partial charge in [-0.2, -0.15) is 13.2 Å². The van der Waals surface area contributed by atoms with Crippen molar-refractivity contribution in [2.75, 3.05) is 6.54 Å². The maximum Gasteiger partial charge on any atom is 0.418 e. The molecule has 0 atom stereocenters. The van der Waals surface area contributed by atoms with E-state index in [2.05, 4.69) is 4.98 Å². The molecule has 21 heavy (non-hydrogen) atoms. The fourth-order valence-corrected chi connectivity index (χ4v) is 2.37. The minimum atomic E-state index is -4.40. The highest BCUT2D eigenvalue weighted by Crippen LogP contribution is 2.35. The highest BCUT2D eigenvalue weighted by Gasteiger charge is 2.33. The predicted molar refractivity (Wildman–Crippen MR) is 78.0 cm³/mol. The third-order valence-electron chi connectivity index (χ3n) is 3.62. The Balaban J connectivity index is 2.63. The number of benzene rings is 1. The van der Waals surface area contributed by atoms with Gasteiger partial charge in [-0.25, -0.2) is 0 Å². The van der Waals surface area contributed by atoms with Crippen molar-refractivity contribution < 1.29 is 13.2 Å². The number of nitrogens with two attached hydrogens (primary N) is 1. The molecule has 2 N–H and O–H groups in total. The normalized spacial score (nSPS) is 12.9. The van der Waals surface area contributed by atoms with Crippen LogP contribution in [0.4, 0.5) is 13.2 Å². The summed E-state index contributed by atoms with van der Waals surface area (Å²) in [6, 6.07) is 6.01. The van der Waals surface area contributed by atoms with Crippen molar-refractivity contribution in [3.05, 3.63) is 41.1 Å². The van der Waals surface area contributed by atoms with Crippen molar-refractivity contribution in [2.45, 2.75) is 33.4 Å². The molecule has 0 saturated heterocycles. The minimum Gasteiger partial charge on any atom is -0.330 e. The largest absolute Gasteiger partial charge is 0.418 e. The molecule has 0 fully saturated rings. The summed E-state index contributed by atoms with van der Waals surface area (Å²) in [6.07, 6.45) is -3.85. The molecule has 114 valence electrons. The Kier molecular flexibility index (Phi) is 3.97. The van der Waals surface area contributed by atoms with Crippen LogP contribution in [0, 0.1) is 12.3 Å². The zero-order valence-electron chi connectivity index (χ0n) is 12.4. The third kappa shape index (κ3) is 3.35. The summed E-state index contributed by atoms with van der Waals surface area (Å²) in [7, 11) is 0. The molecule has 2 aromatic rings. The smallest absolute Gasteiger partial charge is 0.330 e. The molecule has 0 radical (unpaired) electrons. The van der Waals surface area contributed by atoms with E-state index in [1.165, 1.54) is 6.07 Å². The van der Waals surface area contributed by atoms with Crippen molar-refractivity contribution in [1.29, 1.82) is 0 Å². The van der Waals surface area contributed by atoms with Gasteiger partial charge in [-0.1, -0.05) is 26.0 Å². The van der Waals surface area contributed by atoms with Gasteiger partial charge < -0.3 is 5.73 Å². The lowest BCUT2D eigenvalue weighted by Gasteiger charge is -2.22. The monoisotopic (exact) mass is 296 g/mol. The molecule has 0 saturated carbocycles. The molecular weight excluding hydrogens is 277 g/mol. The van der Waals surface area contributed by atoms with Gasteiger partial charge in [-0.05, 0) is 43.0 Å². The molecule has 0 bridgehead atoms. The van der Waals surface area contributed by atoms with Crippen molar-refractivity contribution >= 4 is 10.9 Å². The molecule has 2 rings (SSSR count). The Bertz CT molecular complexity index is 660. The van der Waals surface area contributed by atoms with Crippen LogP contribution in [0.2, 0.25) is 0 Å². The Labute approximate surface area is 122 Å². The number of halogens is 3. The summed E-state index contributed by atoms with van der Waals surface area (Å²) in [4.78, 5) is 4.26. The van der Waals surface area contributed by atoms with E-state index in [9.17, 15) is 13.2 Å². The average Bonchev–Trinajstić information content (AvgIpc) is 2.36. The lowest BCUT2D eigenvalue weighted by atomic mass is 9.87. The summed E-state index contributed by atoms with van der Waals surface area (Å²) in [6.45, 7) is 6.21. The number of hydrogen-bond donors (Lipinski definition) is 1. The first-order chi connectivity index (χ1) is 9.64. The van der Waals surface area contributed by atoms with Crippen molar-refractivity contribution in [2.24, 2.45) is 11.1 Å². The summed E-state index contributed by atoms with van der Waals surface area (Å²) in [5, 5.41) is 0.541. The number of hydrogen-bond acceptors (Lipinski definition) is 2. The van der Waals surface area contributed by atoms with Gasteiger partial charge in [0.1, 0.15) is 0 Å².